The molecule has 0 amide bonds. The normalized spacial score (nSPS) is 14.1. The summed E-state index contributed by atoms with van der Waals surface area (Å²) in [6.45, 7) is 1.87. The van der Waals surface area contributed by atoms with Crippen molar-refractivity contribution < 1.29 is 9.67 Å². The molecular formula is C21H21O2P. The summed E-state index contributed by atoms with van der Waals surface area (Å²) >= 11 is 0. The molecule has 0 saturated heterocycles. The summed E-state index contributed by atoms with van der Waals surface area (Å²) in [4.78, 5) is 0. The van der Waals surface area contributed by atoms with Gasteiger partial charge in [0, 0.05) is 16.3 Å². The Kier molecular flexibility index (Phi) is 4.99. The fourth-order valence-electron chi connectivity index (χ4n) is 3.05. The topological polar surface area (TPSA) is 37.3 Å². The third-order valence-corrected chi connectivity index (χ3v) is 8.01. The Morgan fingerprint density at radius 1 is 0.708 bits per heavy atom. The Hall–Kier alpha value is -2.15. The van der Waals surface area contributed by atoms with Crippen LogP contribution in [0.1, 0.15) is 18.6 Å². The van der Waals surface area contributed by atoms with Crippen molar-refractivity contribution in [3.63, 3.8) is 0 Å². The largest absolute Gasteiger partial charge is 0.388 e. The Labute approximate surface area is 143 Å². The van der Waals surface area contributed by atoms with Gasteiger partial charge in [-0.25, -0.2) is 0 Å². The maximum absolute atomic E-state index is 14.2. The van der Waals surface area contributed by atoms with Crippen LogP contribution in [-0.2, 0) is 4.57 Å². The fourth-order valence-corrected chi connectivity index (χ4v) is 6.08. The lowest BCUT2D eigenvalue weighted by Crippen LogP contribution is -2.28. The van der Waals surface area contributed by atoms with Gasteiger partial charge in [0.25, 0.3) is 0 Å². The van der Waals surface area contributed by atoms with Gasteiger partial charge in [-0.3, -0.25) is 0 Å². The van der Waals surface area contributed by atoms with Crippen LogP contribution in [0.3, 0.4) is 0 Å². The van der Waals surface area contributed by atoms with Crippen LogP contribution in [0, 0.1) is 0 Å². The predicted octanol–water partition coefficient (Wildman–Crippen LogP) is 4.12. The van der Waals surface area contributed by atoms with Gasteiger partial charge in [0.05, 0.1) is 6.10 Å². The average Bonchev–Trinajstić information content (AvgIpc) is 2.68. The highest BCUT2D eigenvalue weighted by atomic mass is 31.2. The van der Waals surface area contributed by atoms with Crippen LogP contribution in [0.2, 0.25) is 0 Å². The van der Waals surface area contributed by atoms with E-state index in [1.54, 1.807) is 0 Å². The van der Waals surface area contributed by atoms with Gasteiger partial charge in [0.1, 0.15) is 7.14 Å². The minimum Gasteiger partial charge on any atom is -0.388 e. The molecule has 3 heteroatoms. The van der Waals surface area contributed by atoms with Gasteiger partial charge in [-0.1, -0.05) is 97.9 Å². The second kappa shape index (κ2) is 7.17. The van der Waals surface area contributed by atoms with Crippen molar-refractivity contribution in [1.29, 1.82) is 0 Å². The van der Waals surface area contributed by atoms with Crippen molar-refractivity contribution in [2.75, 3.05) is 0 Å². The number of aliphatic hydroxyl groups is 1. The van der Waals surface area contributed by atoms with Crippen molar-refractivity contribution >= 4 is 17.8 Å². The van der Waals surface area contributed by atoms with E-state index >= 15 is 0 Å². The van der Waals surface area contributed by atoms with Crippen molar-refractivity contribution in [2.24, 2.45) is 0 Å². The lowest BCUT2D eigenvalue weighted by molar-refractivity contribution is 0.176. The van der Waals surface area contributed by atoms with Crippen LogP contribution in [0.4, 0.5) is 0 Å². The molecule has 0 fully saturated rings. The molecule has 3 aromatic carbocycles. The number of aliphatic hydroxyl groups excluding tert-OH is 1. The predicted molar refractivity (Wildman–Crippen MR) is 101 cm³/mol. The first-order chi connectivity index (χ1) is 11.6. The summed E-state index contributed by atoms with van der Waals surface area (Å²) in [5, 5.41) is 12.4. The van der Waals surface area contributed by atoms with Gasteiger partial charge in [0.2, 0.25) is 0 Å². The second-order valence-corrected chi connectivity index (χ2v) is 9.09. The Bertz CT molecular complexity index is 773. The summed E-state index contributed by atoms with van der Waals surface area (Å²) in [6.07, 6.45) is -0.794. The number of hydrogen-bond donors (Lipinski definition) is 1. The zero-order valence-electron chi connectivity index (χ0n) is 13.6. The molecule has 0 aliphatic carbocycles. The summed E-state index contributed by atoms with van der Waals surface area (Å²) < 4.78 is 14.2. The van der Waals surface area contributed by atoms with Gasteiger partial charge in [-0.2, -0.15) is 0 Å². The highest BCUT2D eigenvalue weighted by Crippen LogP contribution is 2.52. The molecule has 24 heavy (non-hydrogen) atoms. The standard InChI is InChI=1S/C21H21O2P/c1-17(21(22)18-11-5-2-6-12-18)24(23,19-13-7-3-8-14-19)20-15-9-4-10-16-20/h2-17,21-22H,1H3/t17-,21-/m0/s1. The third kappa shape index (κ3) is 3.08. The Morgan fingerprint density at radius 3 is 1.50 bits per heavy atom. The molecule has 0 heterocycles. The first-order valence-electron chi connectivity index (χ1n) is 8.08. The summed E-state index contributed by atoms with van der Waals surface area (Å²) in [5.41, 5.74) is 0.363. The first kappa shape index (κ1) is 16.7. The van der Waals surface area contributed by atoms with Crippen molar-refractivity contribution in [1.82, 2.24) is 0 Å². The molecule has 3 rings (SSSR count). The van der Waals surface area contributed by atoms with Crippen LogP contribution in [0.25, 0.3) is 0 Å². The van der Waals surface area contributed by atoms with E-state index in [9.17, 15) is 9.67 Å². The van der Waals surface area contributed by atoms with Gasteiger partial charge < -0.3 is 9.67 Å². The van der Waals surface area contributed by atoms with E-state index in [1.807, 2.05) is 97.9 Å². The Morgan fingerprint density at radius 2 is 1.08 bits per heavy atom. The minimum absolute atomic E-state index is 0.426. The lowest BCUT2D eigenvalue weighted by Gasteiger charge is -2.29. The molecule has 0 spiro atoms. The zero-order chi connectivity index (χ0) is 17.0. The third-order valence-electron chi connectivity index (χ3n) is 4.45. The van der Waals surface area contributed by atoms with E-state index in [0.717, 1.165) is 16.2 Å². The lowest BCUT2D eigenvalue weighted by atomic mass is 10.1. The first-order valence-corrected chi connectivity index (χ1v) is 9.85. The molecule has 0 saturated carbocycles. The molecule has 3 aromatic rings. The highest BCUT2D eigenvalue weighted by Gasteiger charge is 2.38. The number of rotatable bonds is 5. The number of benzene rings is 3. The van der Waals surface area contributed by atoms with Crippen molar-refractivity contribution in [3.05, 3.63) is 96.6 Å². The molecule has 0 aromatic heterocycles. The summed E-state index contributed by atoms with van der Waals surface area (Å²) in [5.74, 6) is 0. The molecule has 2 nitrogen and oxygen atoms in total. The maximum Gasteiger partial charge on any atom is 0.148 e. The maximum atomic E-state index is 14.2. The molecule has 0 aliphatic heterocycles. The summed E-state index contributed by atoms with van der Waals surface area (Å²) in [7, 11) is -2.99. The smallest absolute Gasteiger partial charge is 0.148 e. The SMILES string of the molecule is C[C@@H]([C@H](O)c1ccccc1)P(=O)(c1ccccc1)c1ccccc1. The molecular weight excluding hydrogens is 315 g/mol. The molecule has 2 atom stereocenters. The monoisotopic (exact) mass is 336 g/mol. The van der Waals surface area contributed by atoms with Gasteiger partial charge in [-0.05, 0) is 5.56 Å². The molecule has 122 valence electrons. The van der Waals surface area contributed by atoms with Crippen molar-refractivity contribution in [3.8, 4) is 0 Å². The second-order valence-electron chi connectivity index (χ2n) is 5.93. The Balaban J connectivity index is 2.11. The highest BCUT2D eigenvalue weighted by molar-refractivity contribution is 7.79. The van der Waals surface area contributed by atoms with E-state index in [4.69, 9.17) is 0 Å². The molecule has 0 radical (unpaired) electrons. The summed E-state index contributed by atoms with van der Waals surface area (Å²) in [6, 6.07) is 28.4. The van der Waals surface area contributed by atoms with Crippen LogP contribution in [0.5, 0.6) is 0 Å². The van der Waals surface area contributed by atoms with E-state index in [1.165, 1.54) is 0 Å². The molecule has 0 unspecified atom stereocenters. The van der Waals surface area contributed by atoms with Crippen LogP contribution < -0.4 is 10.6 Å². The molecule has 0 bridgehead atoms. The van der Waals surface area contributed by atoms with E-state index in [0.29, 0.717) is 0 Å². The van der Waals surface area contributed by atoms with E-state index in [-0.39, 0.29) is 0 Å². The van der Waals surface area contributed by atoms with Gasteiger partial charge in [0.15, 0.2) is 0 Å². The molecule has 0 aliphatic rings. The zero-order valence-corrected chi connectivity index (χ0v) is 14.5. The van der Waals surface area contributed by atoms with Crippen LogP contribution in [-0.4, -0.2) is 10.8 Å². The van der Waals surface area contributed by atoms with Gasteiger partial charge in [-0.15, -0.1) is 0 Å². The van der Waals surface area contributed by atoms with Gasteiger partial charge >= 0.3 is 0 Å². The quantitative estimate of drug-likeness (QED) is 0.712. The fraction of sp³-hybridized carbons (Fsp3) is 0.143. The average molecular weight is 336 g/mol. The van der Waals surface area contributed by atoms with E-state index in [2.05, 4.69) is 0 Å². The minimum atomic E-state index is -2.99. The van der Waals surface area contributed by atoms with Crippen molar-refractivity contribution in [2.45, 2.75) is 18.7 Å². The number of hydrogen-bond acceptors (Lipinski definition) is 2. The van der Waals surface area contributed by atoms with E-state index < -0.39 is 18.9 Å². The van der Waals surface area contributed by atoms with Crippen LogP contribution in [0.15, 0.2) is 91.0 Å². The molecule has 1 N–H and O–H groups in total. The van der Waals surface area contributed by atoms with Crippen LogP contribution >= 0.6 is 7.14 Å².